The van der Waals surface area contributed by atoms with Gasteiger partial charge in [0.15, 0.2) is 10.2 Å². The molecule has 0 atom stereocenters. The van der Waals surface area contributed by atoms with Gasteiger partial charge in [0.25, 0.3) is 5.69 Å². The van der Waals surface area contributed by atoms with Gasteiger partial charge in [-0.1, -0.05) is 12.1 Å². The maximum atomic E-state index is 12.1. The lowest BCUT2D eigenvalue weighted by atomic mass is 10.2. The Labute approximate surface area is 195 Å². The number of thiocarbonyl (C=S) groups is 1. The minimum atomic E-state index is -0.497. The van der Waals surface area contributed by atoms with Gasteiger partial charge in [-0.25, -0.2) is 4.98 Å². The van der Waals surface area contributed by atoms with Crippen molar-refractivity contribution in [1.82, 2.24) is 10.3 Å². The number of nitrogens with one attached hydrogen (secondary N) is 2. The van der Waals surface area contributed by atoms with Gasteiger partial charge in [-0.05, 0) is 58.0 Å². The molecule has 1 amide bonds. The maximum Gasteiger partial charge on any atom is 0.270 e. The molecule has 11 heteroatoms. The summed E-state index contributed by atoms with van der Waals surface area (Å²) in [7, 11) is 1.60. The lowest BCUT2D eigenvalue weighted by molar-refractivity contribution is -0.384. The van der Waals surface area contributed by atoms with Gasteiger partial charge in [-0.15, -0.1) is 11.3 Å². The van der Waals surface area contributed by atoms with Gasteiger partial charge in [-0.3, -0.25) is 20.2 Å². The number of thiazole rings is 1. The minimum absolute atomic E-state index is 0.0526. The third-order valence-electron chi connectivity index (χ3n) is 3.92. The Balaban J connectivity index is 1.58. The molecule has 0 aliphatic carbocycles. The first kappa shape index (κ1) is 22.5. The van der Waals surface area contributed by atoms with Crippen molar-refractivity contribution in [3.8, 4) is 17.0 Å². The molecule has 31 heavy (non-hydrogen) atoms. The summed E-state index contributed by atoms with van der Waals surface area (Å²) < 4.78 is 6.04. The van der Waals surface area contributed by atoms with E-state index in [-0.39, 0.29) is 10.8 Å². The van der Waals surface area contributed by atoms with Crippen molar-refractivity contribution < 1.29 is 14.5 Å². The average Bonchev–Trinajstić information content (AvgIpc) is 3.20. The molecule has 1 aromatic heterocycles. The molecule has 0 aliphatic heterocycles. The zero-order chi connectivity index (χ0) is 22.4. The van der Waals surface area contributed by atoms with Gasteiger partial charge in [0, 0.05) is 29.2 Å². The van der Waals surface area contributed by atoms with E-state index in [0.717, 1.165) is 21.5 Å². The molecule has 0 bridgehead atoms. The SMILES string of the molecule is COc1ccc(-c2csc(NC(=S)NC(=O)/C=C/c3cccc([N+](=O)[O-])c3)n2)cc1Br. The topological polar surface area (TPSA) is 106 Å². The predicted octanol–water partition coefficient (Wildman–Crippen LogP) is 5.02. The first-order chi connectivity index (χ1) is 14.9. The van der Waals surface area contributed by atoms with Crippen LogP contribution in [0.25, 0.3) is 17.3 Å². The number of methoxy groups -OCH3 is 1. The van der Waals surface area contributed by atoms with Crippen LogP contribution < -0.4 is 15.4 Å². The lowest BCUT2D eigenvalue weighted by Crippen LogP contribution is -2.32. The number of non-ortho nitro benzene ring substituents is 1. The summed E-state index contributed by atoms with van der Waals surface area (Å²) in [6, 6.07) is 11.6. The van der Waals surface area contributed by atoms with Gasteiger partial charge < -0.3 is 10.1 Å². The van der Waals surface area contributed by atoms with Crippen LogP contribution in [0.15, 0.2) is 58.4 Å². The van der Waals surface area contributed by atoms with E-state index in [4.69, 9.17) is 17.0 Å². The number of nitrogens with zero attached hydrogens (tertiary/aromatic N) is 2. The third kappa shape index (κ3) is 6.17. The van der Waals surface area contributed by atoms with Crippen molar-refractivity contribution in [2.75, 3.05) is 12.4 Å². The van der Waals surface area contributed by atoms with Crippen LogP contribution in [0.3, 0.4) is 0 Å². The number of amides is 1. The van der Waals surface area contributed by atoms with Crippen LogP contribution >= 0.6 is 39.5 Å². The molecule has 0 saturated heterocycles. The van der Waals surface area contributed by atoms with E-state index >= 15 is 0 Å². The van der Waals surface area contributed by atoms with Gasteiger partial charge in [0.05, 0.1) is 22.2 Å². The van der Waals surface area contributed by atoms with Crippen LogP contribution in [0.1, 0.15) is 5.56 Å². The summed E-state index contributed by atoms with van der Waals surface area (Å²) >= 11 is 9.94. The number of aromatic nitrogens is 1. The fourth-order valence-corrected chi connectivity index (χ4v) is 4.01. The molecular formula is C20H15BrN4O4S2. The summed E-state index contributed by atoms with van der Waals surface area (Å²) in [5, 5.41) is 18.7. The van der Waals surface area contributed by atoms with Crippen molar-refractivity contribution in [2.24, 2.45) is 0 Å². The fourth-order valence-electron chi connectivity index (χ4n) is 2.49. The number of rotatable bonds is 6. The molecule has 3 aromatic rings. The Morgan fingerprint density at radius 3 is 2.84 bits per heavy atom. The highest BCUT2D eigenvalue weighted by Crippen LogP contribution is 2.32. The molecular weight excluding hydrogens is 504 g/mol. The predicted molar refractivity (Wildman–Crippen MR) is 128 cm³/mol. The number of carbonyl (C=O) groups excluding carboxylic acids is 1. The minimum Gasteiger partial charge on any atom is -0.496 e. The van der Waals surface area contributed by atoms with Crippen LogP contribution in [0.4, 0.5) is 10.8 Å². The Morgan fingerprint density at radius 1 is 1.32 bits per heavy atom. The number of ether oxygens (including phenoxy) is 1. The normalized spacial score (nSPS) is 10.6. The molecule has 0 radical (unpaired) electrons. The van der Waals surface area contributed by atoms with Crippen molar-refractivity contribution in [1.29, 1.82) is 0 Å². The molecule has 0 unspecified atom stereocenters. The zero-order valence-corrected chi connectivity index (χ0v) is 19.2. The Kier molecular flexibility index (Phi) is 7.45. The second kappa shape index (κ2) is 10.2. The molecule has 3 rings (SSSR count). The van der Waals surface area contributed by atoms with Crippen molar-refractivity contribution >= 4 is 67.4 Å². The summed E-state index contributed by atoms with van der Waals surface area (Å²) in [5.41, 5.74) is 2.11. The maximum absolute atomic E-state index is 12.1. The third-order valence-corrected chi connectivity index (χ3v) is 5.50. The summed E-state index contributed by atoms with van der Waals surface area (Å²) in [6.45, 7) is 0. The number of benzene rings is 2. The standard InChI is InChI=1S/C20H15BrN4O4S2/c1-29-17-7-6-13(10-15(17)21)16-11-31-20(22-16)24-19(30)23-18(26)8-5-12-3-2-4-14(9-12)25(27)28/h2-11H,1H3,(H2,22,23,24,26,30)/b8-5+. The molecule has 1 heterocycles. The average molecular weight is 519 g/mol. The van der Waals surface area contributed by atoms with E-state index in [9.17, 15) is 14.9 Å². The molecule has 8 nitrogen and oxygen atoms in total. The van der Waals surface area contributed by atoms with Crippen LogP contribution in [0, 0.1) is 10.1 Å². The molecule has 2 aromatic carbocycles. The van der Waals surface area contributed by atoms with Crippen molar-refractivity contribution in [3.63, 3.8) is 0 Å². The van der Waals surface area contributed by atoms with Crippen molar-refractivity contribution in [3.05, 3.63) is 74.1 Å². The van der Waals surface area contributed by atoms with E-state index in [1.54, 1.807) is 19.2 Å². The molecule has 2 N–H and O–H groups in total. The number of nitro groups is 1. The Bertz CT molecular complexity index is 1180. The van der Waals surface area contributed by atoms with Gasteiger partial charge >= 0.3 is 0 Å². The van der Waals surface area contributed by atoms with Gasteiger partial charge in [0.2, 0.25) is 5.91 Å². The smallest absolute Gasteiger partial charge is 0.270 e. The summed E-state index contributed by atoms with van der Waals surface area (Å²) in [6.07, 6.45) is 2.71. The van der Waals surface area contributed by atoms with E-state index in [1.165, 1.54) is 35.6 Å². The van der Waals surface area contributed by atoms with Crippen LogP contribution in [0.2, 0.25) is 0 Å². The highest BCUT2D eigenvalue weighted by molar-refractivity contribution is 9.10. The number of hydrogen-bond donors (Lipinski definition) is 2. The molecule has 0 fully saturated rings. The molecule has 0 saturated carbocycles. The zero-order valence-electron chi connectivity index (χ0n) is 16.0. The van der Waals surface area contributed by atoms with Crippen molar-refractivity contribution in [2.45, 2.75) is 0 Å². The molecule has 0 spiro atoms. The van der Waals surface area contributed by atoms with E-state index in [1.807, 2.05) is 23.6 Å². The summed E-state index contributed by atoms with van der Waals surface area (Å²) in [5.74, 6) is 0.249. The van der Waals surface area contributed by atoms with E-state index < -0.39 is 10.8 Å². The van der Waals surface area contributed by atoms with Gasteiger partial charge in [0.1, 0.15) is 5.75 Å². The first-order valence-corrected chi connectivity index (χ1v) is 10.8. The first-order valence-electron chi connectivity index (χ1n) is 8.69. The highest BCUT2D eigenvalue weighted by atomic mass is 79.9. The van der Waals surface area contributed by atoms with E-state index in [2.05, 4.69) is 31.5 Å². The monoisotopic (exact) mass is 518 g/mol. The number of nitro benzene ring substituents is 1. The van der Waals surface area contributed by atoms with Gasteiger partial charge in [-0.2, -0.15) is 0 Å². The largest absolute Gasteiger partial charge is 0.496 e. The fraction of sp³-hybridized carbons (Fsp3) is 0.0500. The molecule has 0 aliphatic rings. The van der Waals surface area contributed by atoms with Crippen LogP contribution in [0.5, 0.6) is 5.75 Å². The number of carbonyl (C=O) groups is 1. The molecule has 158 valence electrons. The number of halogens is 1. The lowest BCUT2D eigenvalue weighted by Gasteiger charge is -2.05. The van der Waals surface area contributed by atoms with E-state index in [0.29, 0.717) is 10.7 Å². The quantitative estimate of drug-likeness (QED) is 0.204. The number of hydrogen-bond acceptors (Lipinski definition) is 7. The van der Waals surface area contributed by atoms with Crippen LogP contribution in [-0.2, 0) is 4.79 Å². The Morgan fingerprint density at radius 2 is 2.13 bits per heavy atom. The highest BCUT2D eigenvalue weighted by Gasteiger charge is 2.10. The number of anilines is 1. The Hall–Kier alpha value is -3.15. The second-order valence-electron chi connectivity index (χ2n) is 6.02. The van der Waals surface area contributed by atoms with Crippen LogP contribution in [-0.4, -0.2) is 28.0 Å². The summed E-state index contributed by atoms with van der Waals surface area (Å²) in [4.78, 5) is 26.9. The second-order valence-corrected chi connectivity index (χ2v) is 8.14.